The van der Waals surface area contributed by atoms with Gasteiger partial charge in [0.15, 0.2) is 5.78 Å². The molecule has 1 fully saturated rings. The van der Waals surface area contributed by atoms with Gasteiger partial charge in [-0.05, 0) is 19.8 Å². The predicted molar refractivity (Wildman–Crippen MR) is 64.2 cm³/mol. The van der Waals surface area contributed by atoms with Crippen LogP contribution in [0.3, 0.4) is 0 Å². The van der Waals surface area contributed by atoms with Crippen molar-refractivity contribution in [1.82, 2.24) is 5.32 Å². The molecule has 6 heteroatoms. The Hall–Kier alpha value is -1.43. The van der Waals surface area contributed by atoms with Crippen molar-refractivity contribution >= 4 is 17.6 Å². The fraction of sp³-hybridized carbons (Fsp3) is 0.667. The summed E-state index contributed by atoms with van der Waals surface area (Å²) in [6, 6.07) is -0.567. The number of ether oxygens (including phenoxy) is 1. The van der Waals surface area contributed by atoms with Crippen molar-refractivity contribution in [1.29, 1.82) is 0 Å². The third-order valence-electron chi connectivity index (χ3n) is 3.02. The number of nitrogens with one attached hydrogen (secondary N) is 1. The molecule has 6 nitrogen and oxygen atoms in total. The van der Waals surface area contributed by atoms with Crippen molar-refractivity contribution in [3.8, 4) is 0 Å². The van der Waals surface area contributed by atoms with E-state index < -0.39 is 6.04 Å². The van der Waals surface area contributed by atoms with E-state index in [1.807, 2.05) is 0 Å². The molecular formula is C12H19N2O4. The first-order chi connectivity index (χ1) is 8.41. The second-order valence-corrected chi connectivity index (χ2v) is 4.55. The van der Waals surface area contributed by atoms with Gasteiger partial charge in [-0.15, -0.1) is 0 Å². The van der Waals surface area contributed by atoms with E-state index in [-0.39, 0.29) is 36.2 Å². The summed E-state index contributed by atoms with van der Waals surface area (Å²) in [5.74, 6) is -1.07. The molecule has 2 amide bonds. The molecule has 1 radical (unpaired) electrons. The van der Waals surface area contributed by atoms with Gasteiger partial charge >= 0.3 is 0 Å². The molecule has 0 aromatic carbocycles. The van der Waals surface area contributed by atoms with E-state index in [9.17, 15) is 14.4 Å². The molecule has 1 rings (SSSR count). The van der Waals surface area contributed by atoms with Crippen LogP contribution in [0, 0.1) is 12.3 Å². The minimum absolute atomic E-state index is 0.0465. The second kappa shape index (κ2) is 6.49. The third kappa shape index (κ3) is 4.10. The number of carbonyl (C=O) groups is 3. The lowest BCUT2D eigenvalue weighted by Gasteiger charge is -2.14. The van der Waals surface area contributed by atoms with E-state index in [1.54, 1.807) is 13.8 Å². The fourth-order valence-electron chi connectivity index (χ4n) is 1.68. The van der Waals surface area contributed by atoms with Crippen molar-refractivity contribution in [2.24, 2.45) is 11.7 Å². The van der Waals surface area contributed by atoms with Crippen molar-refractivity contribution in [3.63, 3.8) is 0 Å². The quantitative estimate of drug-likeness (QED) is 0.672. The Bertz CT molecular complexity index is 343. The number of Topliss-reactive ketones (excluding diaryl/α,β-unsaturated/α-hetero) is 1. The molecule has 1 aliphatic heterocycles. The fourth-order valence-corrected chi connectivity index (χ4v) is 1.68. The maximum atomic E-state index is 11.6. The average molecular weight is 255 g/mol. The molecule has 1 aliphatic rings. The topological polar surface area (TPSA) is 98.5 Å². The summed E-state index contributed by atoms with van der Waals surface area (Å²) in [5.41, 5.74) is 5.11. The molecule has 0 aromatic rings. The summed E-state index contributed by atoms with van der Waals surface area (Å²) < 4.78 is 5.11. The zero-order valence-electron chi connectivity index (χ0n) is 10.6. The molecule has 1 saturated heterocycles. The van der Waals surface area contributed by atoms with Gasteiger partial charge in [0, 0.05) is 12.3 Å². The van der Waals surface area contributed by atoms with Gasteiger partial charge in [0.1, 0.15) is 12.6 Å². The molecule has 0 aliphatic carbocycles. The van der Waals surface area contributed by atoms with Crippen LogP contribution in [0.1, 0.15) is 26.7 Å². The van der Waals surface area contributed by atoms with E-state index in [1.165, 1.54) is 6.42 Å². The van der Waals surface area contributed by atoms with Gasteiger partial charge < -0.3 is 15.8 Å². The normalized spacial score (nSPS) is 24.9. The highest BCUT2D eigenvalue weighted by atomic mass is 16.5. The highest BCUT2D eigenvalue weighted by Gasteiger charge is 2.33. The molecule has 3 atom stereocenters. The van der Waals surface area contributed by atoms with Gasteiger partial charge in [0.25, 0.3) is 0 Å². The molecule has 0 spiro atoms. The minimum Gasteiger partial charge on any atom is -0.369 e. The Kier molecular flexibility index (Phi) is 5.27. The summed E-state index contributed by atoms with van der Waals surface area (Å²) in [6.07, 6.45) is 2.11. The number of rotatable bonds is 6. The van der Waals surface area contributed by atoms with Crippen molar-refractivity contribution < 1.29 is 19.1 Å². The van der Waals surface area contributed by atoms with Crippen LogP contribution in [-0.4, -0.2) is 36.4 Å². The van der Waals surface area contributed by atoms with Gasteiger partial charge in [0.2, 0.25) is 11.8 Å². The Morgan fingerprint density at radius 1 is 1.61 bits per heavy atom. The Morgan fingerprint density at radius 2 is 2.28 bits per heavy atom. The first kappa shape index (κ1) is 14.6. The van der Waals surface area contributed by atoms with Crippen LogP contribution in [0.5, 0.6) is 0 Å². The van der Waals surface area contributed by atoms with E-state index in [4.69, 9.17) is 10.5 Å². The molecule has 0 bridgehead atoms. The van der Waals surface area contributed by atoms with Crippen LogP contribution in [0.4, 0.5) is 0 Å². The molecule has 18 heavy (non-hydrogen) atoms. The highest BCUT2D eigenvalue weighted by molar-refractivity contribution is 5.94. The van der Waals surface area contributed by atoms with E-state index in [2.05, 4.69) is 5.32 Å². The summed E-state index contributed by atoms with van der Waals surface area (Å²) in [6.45, 7) is 3.50. The molecule has 3 N–H and O–H groups in total. The van der Waals surface area contributed by atoms with Crippen molar-refractivity contribution in [2.45, 2.75) is 38.8 Å². The van der Waals surface area contributed by atoms with E-state index >= 15 is 0 Å². The number of ketones is 1. The number of hydrogen-bond donors (Lipinski definition) is 2. The smallest absolute Gasteiger partial charge is 0.224 e. The minimum atomic E-state index is -0.567. The van der Waals surface area contributed by atoms with Gasteiger partial charge in [-0.1, -0.05) is 6.92 Å². The molecule has 0 aromatic heterocycles. The van der Waals surface area contributed by atoms with Gasteiger partial charge in [-0.2, -0.15) is 0 Å². The van der Waals surface area contributed by atoms with Crippen molar-refractivity contribution in [3.05, 3.63) is 6.42 Å². The molecular weight excluding hydrogens is 236 g/mol. The number of amides is 2. The van der Waals surface area contributed by atoms with Crippen LogP contribution in [0.2, 0.25) is 0 Å². The maximum Gasteiger partial charge on any atom is 0.224 e. The first-order valence-electron chi connectivity index (χ1n) is 5.99. The summed E-state index contributed by atoms with van der Waals surface area (Å²) in [4.78, 5) is 33.7. The van der Waals surface area contributed by atoms with Gasteiger partial charge in [-0.25, -0.2) is 0 Å². The summed E-state index contributed by atoms with van der Waals surface area (Å²) in [5, 5.41) is 2.60. The average Bonchev–Trinajstić information content (AvgIpc) is 2.60. The van der Waals surface area contributed by atoms with E-state index in [0.29, 0.717) is 12.8 Å². The monoisotopic (exact) mass is 255 g/mol. The van der Waals surface area contributed by atoms with Crippen LogP contribution in [0.15, 0.2) is 0 Å². The standard InChI is InChI=1S/C12H19N2O4/c1-7(12(13)17)4-3-5-10(16)14-11-8(2)18-6-9(11)15/h5,7-8,11H,3-4,6H2,1-2H3,(H2,13,17)(H,14,16)/t7?,8-,11-/m0/s1. The molecule has 1 heterocycles. The van der Waals surface area contributed by atoms with Gasteiger partial charge in [0.05, 0.1) is 6.10 Å². The van der Waals surface area contributed by atoms with Crippen LogP contribution in [0.25, 0.3) is 0 Å². The number of nitrogens with two attached hydrogens (primary N) is 1. The molecule has 1 unspecified atom stereocenters. The largest absolute Gasteiger partial charge is 0.369 e. The zero-order chi connectivity index (χ0) is 13.7. The Balaban J connectivity index is 2.25. The maximum absolute atomic E-state index is 11.6. The number of primary amides is 1. The van der Waals surface area contributed by atoms with E-state index in [0.717, 1.165) is 0 Å². The lowest BCUT2D eigenvalue weighted by molar-refractivity contribution is -0.124. The lowest BCUT2D eigenvalue weighted by Crippen LogP contribution is -2.43. The predicted octanol–water partition coefficient (Wildman–Crippen LogP) is -0.435. The Labute approximate surface area is 106 Å². The molecule has 101 valence electrons. The Morgan fingerprint density at radius 3 is 2.78 bits per heavy atom. The van der Waals surface area contributed by atoms with Crippen LogP contribution < -0.4 is 11.1 Å². The van der Waals surface area contributed by atoms with Crippen LogP contribution >= 0.6 is 0 Å². The molecule has 0 saturated carbocycles. The zero-order valence-corrected chi connectivity index (χ0v) is 10.6. The highest BCUT2D eigenvalue weighted by Crippen LogP contribution is 2.11. The first-order valence-corrected chi connectivity index (χ1v) is 5.99. The third-order valence-corrected chi connectivity index (χ3v) is 3.02. The summed E-state index contributed by atoms with van der Waals surface area (Å²) in [7, 11) is 0. The van der Waals surface area contributed by atoms with Crippen LogP contribution in [-0.2, 0) is 19.1 Å². The number of hydrogen-bond acceptors (Lipinski definition) is 4. The second-order valence-electron chi connectivity index (χ2n) is 4.55. The SMILES string of the molecule is CC(CC[CH]C(=O)N[C@@H]1C(=O)CO[C@H]1C)C(N)=O. The lowest BCUT2D eigenvalue weighted by atomic mass is 10.0. The summed E-state index contributed by atoms with van der Waals surface area (Å²) >= 11 is 0. The van der Waals surface area contributed by atoms with Gasteiger partial charge in [-0.3, -0.25) is 14.4 Å². The van der Waals surface area contributed by atoms with Crippen molar-refractivity contribution in [2.75, 3.05) is 6.61 Å². The number of carbonyl (C=O) groups excluding carboxylic acids is 3.